The third-order valence-corrected chi connectivity index (χ3v) is 7.93. The minimum absolute atomic E-state index is 0.0852. The molecule has 5 atom stereocenters. The Labute approximate surface area is 292 Å². The van der Waals surface area contributed by atoms with E-state index in [1.54, 1.807) is 49.4 Å². The van der Waals surface area contributed by atoms with Crippen LogP contribution in [0.1, 0.15) is 71.4 Å². The molecule has 0 saturated carbocycles. The second-order valence-electron chi connectivity index (χ2n) is 12.8. The van der Waals surface area contributed by atoms with Gasteiger partial charge >= 0.3 is 11.9 Å². The number of amides is 5. The lowest BCUT2D eigenvalue weighted by atomic mass is 9.97. The third kappa shape index (κ3) is 14.5. The summed E-state index contributed by atoms with van der Waals surface area (Å²) in [7, 11) is 0. The highest BCUT2D eigenvalue weighted by Gasteiger charge is 2.33. The monoisotopic (exact) mass is 695 g/mol. The Morgan fingerprint density at radius 1 is 0.640 bits per heavy atom. The molecule has 0 aliphatic rings. The topological polar surface area (TPSA) is 220 Å². The molecule has 2 aromatic carbocycles. The second kappa shape index (κ2) is 20.3. The maximum atomic E-state index is 13.7. The van der Waals surface area contributed by atoms with E-state index in [1.807, 2.05) is 19.1 Å². The summed E-state index contributed by atoms with van der Waals surface area (Å²) in [6.45, 7) is 8.94. The molecule has 0 spiro atoms. The van der Waals surface area contributed by atoms with Crippen molar-refractivity contribution in [3.05, 3.63) is 65.7 Å². The van der Waals surface area contributed by atoms with Crippen molar-refractivity contribution in [2.24, 2.45) is 11.8 Å². The van der Waals surface area contributed by atoms with Gasteiger partial charge in [0.1, 0.15) is 24.2 Å². The zero-order chi connectivity index (χ0) is 37.4. The highest BCUT2D eigenvalue weighted by molar-refractivity contribution is 6.00. The van der Waals surface area contributed by atoms with Gasteiger partial charge in [-0.1, -0.05) is 76.6 Å². The van der Waals surface area contributed by atoms with Crippen LogP contribution in [0.5, 0.6) is 0 Å². The molecule has 14 heteroatoms. The van der Waals surface area contributed by atoms with E-state index in [9.17, 15) is 43.8 Å². The molecule has 0 saturated heterocycles. The first kappa shape index (κ1) is 40.9. The molecule has 2 aromatic rings. The molecule has 2 rings (SSSR count). The molecule has 5 amide bonds. The third-order valence-electron chi connectivity index (χ3n) is 7.93. The van der Waals surface area contributed by atoms with Gasteiger partial charge in [0.2, 0.25) is 29.5 Å². The number of aliphatic carboxylic acids is 2. The molecule has 14 nitrogen and oxygen atoms in total. The summed E-state index contributed by atoms with van der Waals surface area (Å²) in [4.78, 5) is 88.8. The molecule has 0 heterocycles. The normalized spacial score (nSPS) is 13.9. The van der Waals surface area contributed by atoms with Crippen LogP contribution in [-0.4, -0.2) is 75.9 Å². The molecule has 0 fully saturated rings. The van der Waals surface area contributed by atoms with Gasteiger partial charge in [-0.25, -0.2) is 0 Å². The Kier molecular flexibility index (Phi) is 16.6. The van der Waals surface area contributed by atoms with Gasteiger partial charge in [0.05, 0.1) is 6.42 Å². The van der Waals surface area contributed by atoms with Gasteiger partial charge < -0.3 is 36.8 Å². The summed E-state index contributed by atoms with van der Waals surface area (Å²) in [5.41, 5.74) is 2.06. The van der Waals surface area contributed by atoms with Crippen LogP contribution in [0.15, 0.2) is 54.6 Å². The Bertz CT molecular complexity index is 1480. The SMILES string of the molecule is CC[C@@H](C)[C@@H](NC(C)=O)C(=O)N[C@H](CCC(=O)O)C(=O)N[C@H](Cc1ccccc1)C(=O)N[C@H](CC(=O)O)C(=O)Nc1ccc(CC(C)C)cc1. The van der Waals surface area contributed by atoms with E-state index in [2.05, 4.69) is 40.4 Å². The molecule has 0 aromatic heterocycles. The lowest BCUT2D eigenvalue weighted by Crippen LogP contribution is -2.59. The fourth-order valence-corrected chi connectivity index (χ4v) is 5.13. The molecule has 272 valence electrons. The van der Waals surface area contributed by atoms with Crippen LogP contribution in [0.25, 0.3) is 0 Å². The average Bonchev–Trinajstić information content (AvgIpc) is 3.05. The van der Waals surface area contributed by atoms with Gasteiger partial charge in [-0.15, -0.1) is 0 Å². The molecule has 0 aliphatic heterocycles. The number of carbonyl (C=O) groups is 7. The van der Waals surface area contributed by atoms with E-state index in [1.165, 1.54) is 6.92 Å². The molecule has 0 unspecified atom stereocenters. The largest absolute Gasteiger partial charge is 0.481 e. The van der Waals surface area contributed by atoms with E-state index in [0.717, 1.165) is 12.0 Å². The molecular formula is C36H49N5O9. The number of benzene rings is 2. The maximum Gasteiger partial charge on any atom is 0.305 e. The fourth-order valence-electron chi connectivity index (χ4n) is 5.13. The van der Waals surface area contributed by atoms with Crippen molar-refractivity contribution in [2.45, 2.75) is 97.3 Å². The van der Waals surface area contributed by atoms with Crippen LogP contribution in [0.2, 0.25) is 0 Å². The number of hydrogen-bond acceptors (Lipinski definition) is 7. The van der Waals surface area contributed by atoms with E-state index >= 15 is 0 Å². The summed E-state index contributed by atoms with van der Waals surface area (Å²) in [5.74, 6) is -6.22. The Balaban J connectivity index is 2.34. The van der Waals surface area contributed by atoms with E-state index in [-0.39, 0.29) is 18.8 Å². The van der Waals surface area contributed by atoms with Crippen molar-refractivity contribution in [3.8, 4) is 0 Å². The van der Waals surface area contributed by atoms with Crippen molar-refractivity contribution < 1.29 is 43.8 Å². The lowest BCUT2D eigenvalue weighted by Gasteiger charge is -2.27. The number of carboxylic acids is 2. The first-order valence-electron chi connectivity index (χ1n) is 16.6. The van der Waals surface area contributed by atoms with Crippen molar-refractivity contribution >= 4 is 47.2 Å². The number of anilines is 1. The molecule has 50 heavy (non-hydrogen) atoms. The highest BCUT2D eigenvalue weighted by Crippen LogP contribution is 2.15. The highest BCUT2D eigenvalue weighted by atomic mass is 16.4. The lowest BCUT2D eigenvalue weighted by molar-refractivity contribution is -0.140. The van der Waals surface area contributed by atoms with Gasteiger partial charge in [0, 0.05) is 25.5 Å². The molecule has 7 N–H and O–H groups in total. The van der Waals surface area contributed by atoms with Gasteiger partial charge in [0.15, 0.2) is 0 Å². The van der Waals surface area contributed by atoms with Crippen LogP contribution in [0.4, 0.5) is 5.69 Å². The summed E-state index contributed by atoms with van der Waals surface area (Å²) in [5, 5.41) is 31.6. The van der Waals surface area contributed by atoms with Crippen molar-refractivity contribution in [3.63, 3.8) is 0 Å². The van der Waals surface area contributed by atoms with Gasteiger partial charge in [-0.2, -0.15) is 0 Å². The van der Waals surface area contributed by atoms with Crippen LogP contribution >= 0.6 is 0 Å². The minimum atomic E-state index is -1.53. The maximum absolute atomic E-state index is 13.7. The van der Waals surface area contributed by atoms with Gasteiger partial charge in [-0.05, 0) is 47.9 Å². The predicted molar refractivity (Wildman–Crippen MR) is 186 cm³/mol. The van der Waals surface area contributed by atoms with Gasteiger partial charge in [0.25, 0.3) is 0 Å². The number of nitrogens with one attached hydrogen (secondary N) is 5. The molecule has 0 bridgehead atoms. The number of carbonyl (C=O) groups excluding carboxylic acids is 5. The van der Waals surface area contributed by atoms with Crippen molar-refractivity contribution in [1.29, 1.82) is 0 Å². The quantitative estimate of drug-likeness (QED) is 0.108. The van der Waals surface area contributed by atoms with Crippen LogP contribution in [0.3, 0.4) is 0 Å². The second-order valence-corrected chi connectivity index (χ2v) is 12.8. The minimum Gasteiger partial charge on any atom is -0.481 e. The van der Waals surface area contributed by atoms with Gasteiger partial charge in [-0.3, -0.25) is 33.6 Å². The van der Waals surface area contributed by atoms with Crippen LogP contribution < -0.4 is 26.6 Å². The fraction of sp³-hybridized carbons (Fsp3) is 0.472. The summed E-state index contributed by atoms with van der Waals surface area (Å²) < 4.78 is 0. The number of rotatable bonds is 20. The molecular weight excluding hydrogens is 646 g/mol. The van der Waals surface area contributed by atoms with E-state index in [0.29, 0.717) is 23.6 Å². The van der Waals surface area contributed by atoms with Crippen molar-refractivity contribution in [2.75, 3.05) is 5.32 Å². The summed E-state index contributed by atoms with van der Waals surface area (Å²) in [6.07, 6.45) is -0.334. The zero-order valence-corrected chi connectivity index (χ0v) is 29.2. The van der Waals surface area contributed by atoms with Crippen molar-refractivity contribution in [1.82, 2.24) is 21.3 Å². The van der Waals surface area contributed by atoms with E-state index in [4.69, 9.17) is 0 Å². The Morgan fingerprint density at radius 2 is 1.20 bits per heavy atom. The standard InChI is InChI=1S/C36H49N5O9/c1-6-22(4)32(37-23(5)42)36(50)39-27(16-17-30(43)44)33(47)40-28(19-24-10-8-7-9-11-24)35(49)41-29(20-31(45)46)34(48)38-26-14-12-25(13-15-26)18-21(2)3/h7-15,21-22,27-29,32H,6,16-20H2,1-5H3,(H,37,42)(H,38,48)(H,39,50)(H,40,47)(H,41,49)(H,43,44)(H,45,46)/t22-,27-,28-,29-,32-/m1/s1. The Morgan fingerprint density at radius 3 is 1.74 bits per heavy atom. The molecule has 0 radical (unpaired) electrons. The summed E-state index contributed by atoms with van der Waals surface area (Å²) in [6, 6.07) is 10.3. The number of hydrogen-bond donors (Lipinski definition) is 7. The zero-order valence-electron chi connectivity index (χ0n) is 29.2. The van der Waals surface area contributed by atoms with Crippen LogP contribution in [-0.2, 0) is 46.4 Å². The first-order chi connectivity index (χ1) is 23.6. The smallest absolute Gasteiger partial charge is 0.305 e. The molecule has 0 aliphatic carbocycles. The average molecular weight is 696 g/mol. The van der Waals surface area contributed by atoms with Crippen LogP contribution in [0, 0.1) is 11.8 Å². The Hall–Kier alpha value is -5.27. The summed E-state index contributed by atoms with van der Waals surface area (Å²) >= 11 is 0. The predicted octanol–water partition coefficient (Wildman–Crippen LogP) is 2.41. The first-order valence-corrected chi connectivity index (χ1v) is 16.6. The van der Waals surface area contributed by atoms with E-state index < -0.39 is 78.5 Å². The number of carboxylic acid groups (broad SMARTS) is 2.